The molecule has 3 aromatic carbocycles. The van der Waals surface area contributed by atoms with Gasteiger partial charge in [0.25, 0.3) is 0 Å². The van der Waals surface area contributed by atoms with E-state index in [4.69, 9.17) is 34.8 Å². The van der Waals surface area contributed by atoms with Crippen LogP contribution in [0.5, 0.6) is 0 Å². The van der Waals surface area contributed by atoms with Gasteiger partial charge in [-0.05, 0) is 42.5 Å². The summed E-state index contributed by atoms with van der Waals surface area (Å²) in [5, 5.41) is 1.15. The zero-order valence-corrected chi connectivity index (χ0v) is 16.1. The molecule has 1 aromatic heterocycles. The SMILES string of the molecule is Fc1c(Cl)cccc1-c1cnc(-c2ccccc2Cl)n1-c1cccc(Cl)c1. The maximum atomic E-state index is 14.7. The minimum Gasteiger partial charge on any atom is -0.292 e. The largest absolute Gasteiger partial charge is 0.292 e. The van der Waals surface area contributed by atoms with Crippen molar-refractivity contribution in [2.24, 2.45) is 0 Å². The van der Waals surface area contributed by atoms with E-state index in [0.29, 0.717) is 27.1 Å². The van der Waals surface area contributed by atoms with Crippen molar-refractivity contribution in [1.82, 2.24) is 9.55 Å². The van der Waals surface area contributed by atoms with Crippen molar-refractivity contribution in [1.29, 1.82) is 0 Å². The zero-order valence-electron chi connectivity index (χ0n) is 13.8. The van der Waals surface area contributed by atoms with Crippen molar-refractivity contribution < 1.29 is 4.39 Å². The third-order valence-electron chi connectivity index (χ3n) is 4.17. The van der Waals surface area contributed by atoms with Crippen LogP contribution in [0.2, 0.25) is 15.1 Å². The Morgan fingerprint density at radius 1 is 0.778 bits per heavy atom. The van der Waals surface area contributed by atoms with Gasteiger partial charge in [-0.1, -0.05) is 59.1 Å². The van der Waals surface area contributed by atoms with Crippen LogP contribution >= 0.6 is 34.8 Å². The Morgan fingerprint density at radius 3 is 2.26 bits per heavy atom. The number of hydrogen-bond acceptors (Lipinski definition) is 1. The van der Waals surface area contributed by atoms with Gasteiger partial charge < -0.3 is 0 Å². The molecule has 0 aliphatic carbocycles. The number of hydrogen-bond donors (Lipinski definition) is 0. The summed E-state index contributed by atoms with van der Waals surface area (Å²) in [7, 11) is 0. The van der Waals surface area contributed by atoms with Crippen molar-refractivity contribution in [2.45, 2.75) is 0 Å². The fourth-order valence-corrected chi connectivity index (χ4v) is 3.53. The monoisotopic (exact) mass is 416 g/mol. The molecule has 0 spiro atoms. The minimum atomic E-state index is -0.506. The van der Waals surface area contributed by atoms with Crippen LogP contribution in [-0.4, -0.2) is 9.55 Å². The van der Waals surface area contributed by atoms with E-state index in [1.54, 1.807) is 36.5 Å². The molecule has 4 rings (SSSR count). The van der Waals surface area contributed by atoms with Crippen LogP contribution in [0.15, 0.2) is 72.9 Å². The fourth-order valence-electron chi connectivity index (χ4n) is 2.95. The van der Waals surface area contributed by atoms with Gasteiger partial charge in [0.1, 0.15) is 5.82 Å². The summed E-state index contributed by atoms with van der Waals surface area (Å²) >= 11 is 18.6. The Labute approximate surface area is 170 Å². The normalized spacial score (nSPS) is 11.0. The van der Waals surface area contributed by atoms with Gasteiger partial charge >= 0.3 is 0 Å². The van der Waals surface area contributed by atoms with E-state index in [1.165, 1.54) is 6.07 Å². The first-order chi connectivity index (χ1) is 13.1. The van der Waals surface area contributed by atoms with E-state index < -0.39 is 5.82 Å². The molecule has 27 heavy (non-hydrogen) atoms. The van der Waals surface area contributed by atoms with E-state index in [-0.39, 0.29) is 5.02 Å². The molecule has 2 nitrogen and oxygen atoms in total. The number of imidazole rings is 1. The van der Waals surface area contributed by atoms with E-state index in [0.717, 1.165) is 11.3 Å². The van der Waals surface area contributed by atoms with E-state index in [2.05, 4.69) is 4.98 Å². The highest BCUT2D eigenvalue weighted by Crippen LogP contribution is 2.36. The molecular formula is C21H12Cl3FN2. The van der Waals surface area contributed by atoms with Gasteiger partial charge in [0.05, 0.1) is 21.9 Å². The summed E-state index contributed by atoms with van der Waals surface area (Å²) in [6, 6.07) is 19.5. The summed E-state index contributed by atoms with van der Waals surface area (Å²) in [6.07, 6.45) is 1.61. The van der Waals surface area contributed by atoms with Gasteiger partial charge in [0.2, 0.25) is 0 Å². The molecule has 0 N–H and O–H groups in total. The first kappa shape index (κ1) is 18.1. The van der Waals surface area contributed by atoms with Crippen LogP contribution in [0.1, 0.15) is 0 Å². The second-order valence-corrected chi connectivity index (χ2v) is 7.11. The molecule has 6 heteroatoms. The molecule has 0 fully saturated rings. The molecule has 0 saturated carbocycles. The van der Waals surface area contributed by atoms with E-state index >= 15 is 0 Å². The molecule has 134 valence electrons. The van der Waals surface area contributed by atoms with Gasteiger partial charge in [-0.2, -0.15) is 0 Å². The average molecular weight is 418 g/mol. The number of benzene rings is 3. The van der Waals surface area contributed by atoms with Crippen LogP contribution in [-0.2, 0) is 0 Å². The second-order valence-electron chi connectivity index (χ2n) is 5.86. The number of aromatic nitrogens is 2. The maximum absolute atomic E-state index is 14.7. The van der Waals surface area contributed by atoms with Gasteiger partial charge in [-0.25, -0.2) is 9.37 Å². The smallest absolute Gasteiger partial charge is 0.151 e. The lowest BCUT2D eigenvalue weighted by Crippen LogP contribution is -2.01. The number of halogens is 4. The fraction of sp³-hybridized carbons (Fsp3) is 0. The predicted octanol–water partition coefficient (Wildman–Crippen LogP) is 7.31. The Bertz CT molecular complexity index is 1140. The van der Waals surface area contributed by atoms with Crippen molar-refractivity contribution >= 4 is 34.8 Å². The molecule has 0 unspecified atom stereocenters. The van der Waals surface area contributed by atoms with Crippen molar-refractivity contribution in [3.05, 3.63) is 93.8 Å². The molecule has 0 bridgehead atoms. The van der Waals surface area contributed by atoms with Gasteiger partial charge in [0, 0.05) is 21.8 Å². The predicted molar refractivity (Wildman–Crippen MR) is 109 cm³/mol. The lowest BCUT2D eigenvalue weighted by atomic mass is 10.1. The van der Waals surface area contributed by atoms with E-state index in [1.807, 2.05) is 34.9 Å². The molecule has 0 atom stereocenters. The topological polar surface area (TPSA) is 17.8 Å². The quantitative estimate of drug-likeness (QED) is 0.342. The Morgan fingerprint density at radius 2 is 1.48 bits per heavy atom. The van der Waals surface area contributed by atoms with Crippen molar-refractivity contribution in [2.75, 3.05) is 0 Å². The summed E-state index contributed by atoms with van der Waals surface area (Å²) in [4.78, 5) is 4.53. The second kappa shape index (κ2) is 7.35. The molecular weight excluding hydrogens is 406 g/mol. The number of rotatable bonds is 3. The van der Waals surface area contributed by atoms with E-state index in [9.17, 15) is 4.39 Å². The Balaban J connectivity index is 2.04. The first-order valence-corrected chi connectivity index (χ1v) is 9.22. The number of nitrogens with zero attached hydrogens (tertiary/aromatic N) is 2. The summed E-state index contributed by atoms with van der Waals surface area (Å²) in [5.74, 6) is 0.0743. The third-order valence-corrected chi connectivity index (χ3v) is 5.03. The van der Waals surface area contributed by atoms with Gasteiger partial charge in [-0.3, -0.25) is 4.57 Å². The molecule has 0 amide bonds. The summed E-state index contributed by atoms with van der Waals surface area (Å²) < 4.78 is 16.5. The highest BCUT2D eigenvalue weighted by molar-refractivity contribution is 6.33. The Hall–Kier alpha value is -2.33. The highest BCUT2D eigenvalue weighted by Gasteiger charge is 2.20. The van der Waals surface area contributed by atoms with Crippen LogP contribution in [0.25, 0.3) is 28.3 Å². The third kappa shape index (κ3) is 3.34. The van der Waals surface area contributed by atoms with Gasteiger partial charge in [-0.15, -0.1) is 0 Å². The summed E-state index contributed by atoms with van der Waals surface area (Å²) in [6.45, 7) is 0. The molecule has 0 saturated heterocycles. The molecule has 4 aromatic rings. The van der Waals surface area contributed by atoms with Crippen molar-refractivity contribution in [3.63, 3.8) is 0 Å². The molecule has 0 aliphatic heterocycles. The standard InChI is InChI=1S/C21H12Cl3FN2/c22-13-5-3-6-14(11-13)27-19(16-8-4-10-18(24)20(16)25)12-26-21(27)15-7-1-2-9-17(15)23/h1-12H. The molecule has 0 radical (unpaired) electrons. The summed E-state index contributed by atoms with van der Waals surface area (Å²) in [5.41, 5.74) is 2.36. The van der Waals surface area contributed by atoms with Crippen LogP contribution in [0.4, 0.5) is 4.39 Å². The first-order valence-electron chi connectivity index (χ1n) is 8.09. The highest BCUT2D eigenvalue weighted by atomic mass is 35.5. The Kier molecular flexibility index (Phi) is 4.92. The molecule has 0 aliphatic rings. The lowest BCUT2D eigenvalue weighted by Gasteiger charge is -2.14. The minimum absolute atomic E-state index is 0.0469. The zero-order chi connectivity index (χ0) is 19.0. The van der Waals surface area contributed by atoms with Crippen LogP contribution < -0.4 is 0 Å². The average Bonchev–Trinajstić information content (AvgIpc) is 3.09. The van der Waals surface area contributed by atoms with Gasteiger partial charge in [0.15, 0.2) is 5.82 Å². The van der Waals surface area contributed by atoms with Crippen LogP contribution in [0, 0.1) is 5.82 Å². The lowest BCUT2D eigenvalue weighted by molar-refractivity contribution is 0.631. The van der Waals surface area contributed by atoms with Crippen LogP contribution in [0.3, 0.4) is 0 Å². The maximum Gasteiger partial charge on any atom is 0.151 e. The van der Waals surface area contributed by atoms with Crippen molar-refractivity contribution in [3.8, 4) is 28.3 Å². The molecule has 1 heterocycles.